The number of carbonyl (C=O) groups is 2. The van der Waals surface area contributed by atoms with Crippen LogP contribution in [-0.4, -0.2) is 107 Å². The summed E-state index contributed by atoms with van der Waals surface area (Å²) in [5.74, 6) is 0.398. The highest BCUT2D eigenvalue weighted by Gasteiger charge is 2.64. The van der Waals surface area contributed by atoms with Crippen molar-refractivity contribution in [2.45, 2.75) is 152 Å². The monoisotopic (exact) mass is 768 g/mol. The summed E-state index contributed by atoms with van der Waals surface area (Å²) in [6.07, 6.45) is 16.4. The summed E-state index contributed by atoms with van der Waals surface area (Å²) in [4.78, 5) is 28.7. The molecule has 0 radical (unpaired) electrons. The molecule has 1 amide bonds. The molecule has 0 saturated carbocycles. The number of ether oxygens (including phenoxy) is 3. The number of nitrogens with one attached hydrogen (secondary N) is 2. The smallest absolute Gasteiger partial charge is 0.350 e. The Balaban J connectivity index is 0.00000289. The van der Waals surface area contributed by atoms with Crippen molar-refractivity contribution >= 4 is 17.8 Å². The van der Waals surface area contributed by atoms with Gasteiger partial charge < -0.3 is 72.9 Å². The minimum atomic E-state index is -0.818. The van der Waals surface area contributed by atoms with E-state index < -0.39 is 23.5 Å². The zero-order chi connectivity index (χ0) is 33.4. The van der Waals surface area contributed by atoms with Gasteiger partial charge >= 0.3 is 11.9 Å². The Kier molecular flexibility index (Phi) is 18.6. The van der Waals surface area contributed by atoms with Gasteiger partial charge in [0.25, 0.3) is 0 Å². The van der Waals surface area contributed by atoms with Gasteiger partial charge in [0, 0.05) is 51.6 Å². The van der Waals surface area contributed by atoms with Gasteiger partial charge in [0.2, 0.25) is 11.6 Å². The van der Waals surface area contributed by atoms with Crippen LogP contribution in [0, 0.1) is 5.92 Å². The van der Waals surface area contributed by atoms with Gasteiger partial charge in [-0.2, -0.15) is 0 Å². The summed E-state index contributed by atoms with van der Waals surface area (Å²) in [7, 11) is 0. The number of carbonyl (C=O) groups excluding carboxylic acids is 2. The van der Waals surface area contributed by atoms with Crippen LogP contribution in [0.4, 0.5) is 0 Å². The fourth-order valence-electron chi connectivity index (χ4n) is 8.57. The molecule has 5 rings (SSSR count). The number of aliphatic hydroxyl groups excluding tert-OH is 1. The highest BCUT2D eigenvalue weighted by Crippen LogP contribution is 2.45. The maximum absolute atomic E-state index is 14.0. The summed E-state index contributed by atoms with van der Waals surface area (Å²) in [5, 5.41) is 17.8. The van der Waals surface area contributed by atoms with E-state index >= 15 is 0 Å². The van der Waals surface area contributed by atoms with Crippen LogP contribution in [0.15, 0.2) is 12.2 Å². The average Bonchev–Trinajstić information content (AvgIpc) is 3.34. The number of guanidine groups is 1. The second kappa shape index (κ2) is 20.8. The Morgan fingerprint density at radius 3 is 2.60 bits per heavy atom. The van der Waals surface area contributed by atoms with E-state index in [0.29, 0.717) is 51.5 Å². The van der Waals surface area contributed by atoms with Gasteiger partial charge in [0.1, 0.15) is 0 Å². The third-order valence-electron chi connectivity index (χ3n) is 10.9. The fourth-order valence-corrected chi connectivity index (χ4v) is 8.57. The van der Waals surface area contributed by atoms with Crippen molar-refractivity contribution in [3.05, 3.63) is 12.2 Å². The molecule has 290 valence electrons. The third-order valence-corrected chi connectivity index (χ3v) is 10.9. The van der Waals surface area contributed by atoms with Crippen molar-refractivity contribution in [3.63, 3.8) is 0 Å². The van der Waals surface area contributed by atoms with Gasteiger partial charge in [-0.1, -0.05) is 19.1 Å². The Bertz CT molecular complexity index is 1150. The molecule has 5 aliphatic rings. The standard InChI is InChI=1S/C35H60N6O6.3ClH/c1-3-28-12-6-7-17-34(47-28)23-26-14-15-29-31(35(18-9-11-25(2)46-35)39-33(38-34)41(26)29)32(44)45-22-8-4-5-13-30(43)40(21-10-19-36)24-27(42)16-20-37;;;/h6,12,25-29,31,42H,3-5,7-11,13-24,36-37H2,1-2H3,(H,38,39);3*1H/t25-,26+,27+,28-,29-,31-,34+,35-;;;/m1.../s1. The number of quaternary nitrogens is 2. The number of esters is 1. The van der Waals surface area contributed by atoms with Crippen LogP contribution in [0.3, 0.4) is 0 Å². The maximum Gasteiger partial charge on any atom is 0.350 e. The van der Waals surface area contributed by atoms with Gasteiger partial charge in [0.05, 0.1) is 50.1 Å². The molecule has 15 heteroatoms. The number of hydrogen-bond acceptors (Lipinski definition) is 8. The summed E-state index contributed by atoms with van der Waals surface area (Å²) >= 11 is 0. The van der Waals surface area contributed by atoms with Gasteiger partial charge in [0.15, 0.2) is 11.6 Å². The van der Waals surface area contributed by atoms with Gasteiger partial charge in [-0.25, -0.2) is 10.6 Å². The first-order chi connectivity index (χ1) is 22.7. The predicted octanol–water partition coefficient (Wildman–Crippen LogP) is -8.21. The van der Waals surface area contributed by atoms with E-state index in [4.69, 9.17) is 14.2 Å². The average molecular weight is 770 g/mol. The highest BCUT2D eigenvalue weighted by atomic mass is 35.5. The molecule has 12 nitrogen and oxygen atoms in total. The lowest BCUT2D eigenvalue weighted by Crippen LogP contribution is -3.00. The second-order valence-corrected chi connectivity index (χ2v) is 14.5. The molecular weight excluding hydrogens is 707 g/mol. The van der Waals surface area contributed by atoms with E-state index in [9.17, 15) is 14.7 Å². The molecule has 5 heterocycles. The van der Waals surface area contributed by atoms with Crippen LogP contribution >= 0.6 is 0 Å². The lowest BCUT2D eigenvalue weighted by atomic mass is 9.80. The zero-order valence-electron chi connectivity index (χ0n) is 30.2. The molecular formula is C35H63Cl3N6O6. The number of unbranched alkanes of at least 4 members (excludes halogenated alkanes) is 2. The number of hydrogen-bond donors (Lipinski definition) is 5. The van der Waals surface area contributed by atoms with Gasteiger partial charge in [-0.05, 0) is 64.7 Å². The predicted molar refractivity (Wildman–Crippen MR) is 177 cm³/mol. The van der Waals surface area contributed by atoms with E-state index in [2.05, 4.69) is 52.7 Å². The van der Waals surface area contributed by atoms with Crippen LogP contribution in [-0.2, 0) is 23.8 Å². The number of amides is 1. The van der Waals surface area contributed by atoms with Crippen molar-refractivity contribution in [1.29, 1.82) is 0 Å². The van der Waals surface area contributed by atoms with Crippen LogP contribution in [0.1, 0.15) is 110 Å². The molecule has 0 bridgehead atoms. The first-order valence-electron chi connectivity index (χ1n) is 18.7. The Morgan fingerprint density at radius 2 is 1.88 bits per heavy atom. The number of aliphatic hydroxyl groups is 1. The first kappa shape index (κ1) is 44.8. The quantitative estimate of drug-likeness (QED) is 0.0475. The van der Waals surface area contributed by atoms with Crippen LogP contribution in [0.25, 0.3) is 0 Å². The molecule has 8 atom stereocenters. The van der Waals surface area contributed by atoms with Crippen molar-refractivity contribution in [2.75, 3.05) is 32.8 Å². The van der Waals surface area contributed by atoms with Crippen molar-refractivity contribution < 1.29 is 82.2 Å². The summed E-state index contributed by atoms with van der Waals surface area (Å²) in [6.45, 7) is 6.96. The van der Waals surface area contributed by atoms with Gasteiger partial charge in [-0.15, -0.1) is 0 Å². The molecule has 0 unspecified atom stereocenters. The largest absolute Gasteiger partial charge is 1.00 e. The summed E-state index contributed by atoms with van der Waals surface area (Å²) < 4.78 is 21.9. The van der Waals surface area contributed by atoms with E-state index in [0.717, 1.165) is 89.6 Å². The van der Waals surface area contributed by atoms with Crippen LogP contribution in [0.2, 0.25) is 0 Å². The second-order valence-electron chi connectivity index (χ2n) is 14.5. The zero-order valence-corrected chi connectivity index (χ0v) is 32.5. The molecule has 5 aliphatic heterocycles. The number of rotatable bonds is 15. The highest BCUT2D eigenvalue weighted by molar-refractivity contribution is 5.82. The molecule has 0 aliphatic carbocycles. The van der Waals surface area contributed by atoms with Crippen LogP contribution in [0.5, 0.6) is 0 Å². The molecule has 2 saturated heterocycles. The van der Waals surface area contributed by atoms with E-state index in [1.165, 1.54) is 0 Å². The summed E-state index contributed by atoms with van der Waals surface area (Å²) in [5.41, 5.74) is 6.44. The SMILES string of the molecule is CC[C@@H]1C=CCC[C@@]2(C[C@@H]3CC[C@@H]4[C@H](C(=O)OCCCCCC(=O)N(CCC[NH3+])C[C@@H](O)CC[NH3+])[C@]5(CCC[C@@H](C)O5)NC(=[N+]34)N2)O1.[Cl-].[Cl-].[Cl-]. The number of allylic oxidation sites excluding steroid dienone is 1. The van der Waals surface area contributed by atoms with E-state index in [1.807, 2.05) is 0 Å². The third kappa shape index (κ3) is 10.6. The first-order valence-corrected chi connectivity index (χ1v) is 18.7. The minimum absolute atomic E-state index is 0. The molecule has 0 aromatic rings. The molecule has 0 aromatic heterocycles. The lowest BCUT2D eigenvalue weighted by molar-refractivity contribution is -0.609. The van der Waals surface area contributed by atoms with Gasteiger partial charge in [-0.3, -0.25) is 14.2 Å². The van der Waals surface area contributed by atoms with Crippen molar-refractivity contribution in [2.24, 2.45) is 5.92 Å². The summed E-state index contributed by atoms with van der Waals surface area (Å²) in [6, 6.07) is 0.295. The Hall–Kier alpha value is -1.38. The van der Waals surface area contributed by atoms with Crippen molar-refractivity contribution in [3.8, 4) is 0 Å². The van der Waals surface area contributed by atoms with Crippen molar-refractivity contribution in [1.82, 2.24) is 15.5 Å². The van der Waals surface area contributed by atoms with E-state index in [-0.39, 0.29) is 67.3 Å². The Morgan fingerprint density at radius 1 is 1.08 bits per heavy atom. The normalized spacial score (nSPS) is 31.6. The fraction of sp³-hybridized carbons (Fsp3) is 0.857. The van der Waals surface area contributed by atoms with Crippen LogP contribution < -0.4 is 59.3 Å². The lowest BCUT2D eigenvalue weighted by Gasteiger charge is -2.50. The molecule has 9 N–H and O–H groups in total. The number of halogens is 3. The molecule has 0 aromatic carbocycles. The topological polar surface area (TPSA) is 168 Å². The number of nitrogens with zero attached hydrogens (tertiary/aromatic N) is 2. The minimum Gasteiger partial charge on any atom is -1.00 e. The van der Waals surface area contributed by atoms with E-state index in [1.54, 1.807) is 4.90 Å². The molecule has 2 fully saturated rings. The Labute approximate surface area is 317 Å². The maximum atomic E-state index is 14.0. The molecule has 50 heavy (non-hydrogen) atoms. The molecule has 2 spiro atoms.